The van der Waals surface area contributed by atoms with Crippen molar-refractivity contribution in [1.29, 1.82) is 0 Å². The quantitative estimate of drug-likeness (QED) is 0.412. The van der Waals surface area contributed by atoms with E-state index in [4.69, 9.17) is 4.74 Å². The molecule has 0 atom stereocenters. The summed E-state index contributed by atoms with van der Waals surface area (Å²) in [5.74, 6) is 0.170. The number of carbonyl (C=O) groups excluding carboxylic acids is 1. The van der Waals surface area contributed by atoms with Crippen LogP contribution in [0.5, 0.6) is 5.75 Å². The number of methoxy groups -OCH3 is 1. The van der Waals surface area contributed by atoms with Crippen LogP contribution in [0.3, 0.4) is 0 Å². The third-order valence-electron chi connectivity index (χ3n) is 4.42. The number of hydrogen-bond donors (Lipinski definition) is 1. The molecule has 8 heteroatoms. The molecule has 160 valence electrons. The van der Waals surface area contributed by atoms with Gasteiger partial charge < -0.3 is 4.74 Å². The van der Waals surface area contributed by atoms with E-state index in [1.54, 1.807) is 49.6 Å². The number of hydrogen-bond acceptors (Lipinski definition) is 5. The lowest BCUT2D eigenvalue weighted by molar-refractivity contribution is -0.121. The Balaban J connectivity index is 1.72. The van der Waals surface area contributed by atoms with Gasteiger partial charge in [-0.05, 0) is 47.5 Å². The third-order valence-corrected chi connectivity index (χ3v) is 6.23. The molecule has 3 aromatic carbocycles. The minimum absolute atomic E-state index is 0.0632. The lowest BCUT2D eigenvalue weighted by Crippen LogP contribution is -2.39. The summed E-state index contributed by atoms with van der Waals surface area (Å²) >= 11 is 0. The van der Waals surface area contributed by atoms with E-state index in [1.165, 1.54) is 18.3 Å². The summed E-state index contributed by atoms with van der Waals surface area (Å²) in [6, 6.07) is 24.3. The van der Waals surface area contributed by atoms with Gasteiger partial charge in [-0.15, -0.1) is 0 Å². The molecule has 0 saturated carbocycles. The molecule has 0 aliphatic carbocycles. The molecule has 1 amide bonds. The standard InChI is InChI=1S/C23H23N3O4S/c1-30-21-14-12-19(13-15-21)16-24-25-23(27)18-26(17-20-8-4-2-5-9-20)31(28,29)22-10-6-3-7-11-22/h2-16H,17-18H2,1H3,(H,25,27). The average Bonchev–Trinajstić information content (AvgIpc) is 2.80. The molecule has 3 rings (SSSR count). The Morgan fingerprint density at radius 3 is 2.19 bits per heavy atom. The van der Waals surface area contributed by atoms with Crippen LogP contribution in [0, 0.1) is 0 Å². The molecule has 0 radical (unpaired) electrons. The molecule has 0 saturated heterocycles. The fourth-order valence-electron chi connectivity index (χ4n) is 2.82. The second-order valence-electron chi connectivity index (χ2n) is 6.64. The highest BCUT2D eigenvalue weighted by molar-refractivity contribution is 7.89. The zero-order valence-corrected chi connectivity index (χ0v) is 17.8. The lowest BCUT2D eigenvalue weighted by Gasteiger charge is -2.21. The molecule has 0 spiro atoms. The van der Waals surface area contributed by atoms with Crippen LogP contribution in [0.4, 0.5) is 0 Å². The fourth-order valence-corrected chi connectivity index (χ4v) is 4.22. The number of nitrogens with one attached hydrogen (secondary N) is 1. The summed E-state index contributed by atoms with van der Waals surface area (Å²) < 4.78 is 32.5. The number of rotatable bonds is 9. The molecule has 7 nitrogen and oxygen atoms in total. The van der Waals surface area contributed by atoms with Crippen molar-refractivity contribution in [1.82, 2.24) is 9.73 Å². The molecule has 0 unspecified atom stereocenters. The van der Waals surface area contributed by atoms with Crippen molar-refractivity contribution in [2.45, 2.75) is 11.4 Å². The van der Waals surface area contributed by atoms with E-state index < -0.39 is 15.9 Å². The van der Waals surface area contributed by atoms with Gasteiger partial charge in [0, 0.05) is 6.54 Å². The van der Waals surface area contributed by atoms with E-state index in [0.717, 1.165) is 15.4 Å². The van der Waals surface area contributed by atoms with Gasteiger partial charge in [0.15, 0.2) is 0 Å². The Hall–Kier alpha value is -3.49. The minimum Gasteiger partial charge on any atom is -0.497 e. The minimum atomic E-state index is -3.87. The van der Waals surface area contributed by atoms with Gasteiger partial charge in [-0.2, -0.15) is 9.41 Å². The zero-order valence-electron chi connectivity index (χ0n) is 17.0. The number of benzene rings is 3. The molecule has 0 bridgehead atoms. The van der Waals surface area contributed by atoms with Crippen LogP contribution in [-0.4, -0.2) is 38.5 Å². The van der Waals surface area contributed by atoms with E-state index in [1.807, 2.05) is 30.3 Å². The smallest absolute Gasteiger partial charge is 0.255 e. The van der Waals surface area contributed by atoms with Crippen molar-refractivity contribution in [3.05, 3.63) is 96.1 Å². The Kier molecular flexibility index (Phi) is 7.53. The zero-order chi connectivity index (χ0) is 22.1. The predicted octanol–water partition coefficient (Wildman–Crippen LogP) is 3.04. The summed E-state index contributed by atoms with van der Waals surface area (Å²) in [6.45, 7) is -0.306. The number of amides is 1. The number of sulfonamides is 1. The van der Waals surface area contributed by atoms with Crippen LogP contribution in [0.2, 0.25) is 0 Å². The van der Waals surface area contributed by atoms with Crippen molar-refractivity contribution in [2.75, 3.05) is 13.7 Å². The van der Waals surface area contributed by atoms with Gasteiger partial charge in [0.1, 0.15) is 5.75 Å². The van der Waals surface area contributed by atoms with Gasteiger partial charge in [-0.1, -0.05) is 48.5 Å². The first-order valence-corrected chi connectivity index (χ1v) is 11.0. The molecular weight excluding hydrogens is 414 g/mol. The Bertz CT molecular complexity index is 1120. The van der Waals surface area contributed by atoms with E-state index >= 15 is 0 Å². The number of hydrazone groups is 1. The molecule has 0 fully saturated rings. The second kappa shape index (κ2) is 10.5. The molecule has 0 heterocycles. The maximum Gasteiger partial charge on any atom is 0.255 e. The van der Waals surface area contributed by atoms with Crippen LogP contribution in [0.1, 0.15) is 11.1 Å². The monoisotopic (exact) mass is 437 g/mol. The van der Waals surface area contributed by atoms with Crippen molar-refractivity contribution in [2.24, 2.45) is 5.10 Å². The molecule has 0 aromatic heterocycles. The summed E-state index contributed by atoms with van der Waals surface area (Å²) in [5, 5.41) is 3.93. The summed E-state index contributed by atoms with van der Waals surface area (Å²) in [7, 11) is -2.30. The molecular formula is C23H23N3O4S. The fraction of sp³-hybridized carbons (Fsp3) is 0.130. The second-order valence-corrected chi connectivity index (χ2v) is 8.58. The van der Waals surface area contributed by atoms with E-state index in [-0.39, 0.29) is 18.0 Å². The van der Waals surface area contributed by atoms with Crippen LogP contribution in [0.25, 0.3) is 0 Å². The highest BCUT2D eigenvalue weighted by atomic mass is 32.2. The third kappa shape index (κ3) is 6.24. The first-order valence-electron chi connectivity index (χ1n) is 9.54. The van der Waals surface area contributed by atoms with Gasteiger partial charge in [0.05, 0.1) is 24.8 Å². The van der Waals surface area contributed by atoms with E-state index in [2.05, 4.69) is 10.5 Å². The molecule has 0 aliphatic rings. The van der Waals surface area contributed by atoms with Crippen molar-refractivity contribution >= 4 is 22.1 Å². The van der Waals surface area contributed by atoms with E-state index in [9.17, 15) is 13.2 Å². The van der Waals surface area contributed by atoms with Crippen LogP contribution < -0.4 is 10.2 Å². The SMILES string of the molecule is COc1ccc(C=NNC(=O)CN(Cc2ccccc2)S(=O)(=O)c2ccccc2)cc1. The molecule has 3 aromatic rings. The molecule has 1 N–H and O–H groups in total. The summed E-state index contributed by atoms with van der Waals surface area (Å²) in [5.41, 5.74) is 3.93. The van der Waals surface area contributed by atoms with E-state index in [0.29, 0.717) is 5.75 Å². The average molecular weight is 438 g/mol. The first-order chi connectivity index (χ1) is 15.0. The van der Waals surface area contributed by atoms with Gasteiger partial charge >= 0.3 is 0 Å². The Labute approximate surface area is 182 Å². The number of nitrogens with zero attached hydrogens (tertiary/aromatic N) is 2. The highest BCUT2D eigenvalue weighted by Crippen LogP contribution is 2.18. The normalized spacial score (nSPS) is 11.5. The maximum atomic E-state index is 13.1. The van der Waals surface area contributed by atoms with Gasteiger partial charge in [0.25, 0.3) is 5.91 Å². The Morgan fingerprint density at radius 2 is 1.58 bits per heavy atom. The van der Waals surface area contributed by atoms with Gasteiger partial charge in [-0.3, -0.25) is 4.79 Å². The number of ether oxygens (including phenoxy) is 1. The maximum absolute atomic E-state index is 13.1. The van der Waals surface area contributed by atoms with Crippen LogP contribution in [-0.2, 0) is 21.4 Å². The molecule has 31 heavy (non-hydrogen) atoms. The molecule has 0 aliphatic heterocycles. The van der Waals surface area contributed by atoms with Gasteiger partial charge in [-0.25, -0.2) is 13.8 Å². The Morgan fingerprint density at radius 1 is 0.968 bits per heavy atom. The predicted molar refractivity (Wildman–Crippen MR) is 119 cm³/mol. The number of carbonyl (C=O) groups is 1. The first kappa shape index (κ1) is 22.2. The van der Waals surface area contributed by atoms with Crippen LogP contribution in [0.15, 0.2) is 94.9 Å². The largest absolute Gasteiger partial charge is 0.497 e. The topological polar surface area (TPSA) is 88.1 Å². The summed E-state index contributed by atoms with van der Waals surface area (Å²) in [4.78, 5) is 12.6. The van der Waals surface area contributed by atoms with Gasteiger partial charge in [0.2, 0.25) is 10.0 Å². The van der Waals surface area contributed by atoms with Crippen molar-refractivity contribution < 1.29 is 17.9 Å². The van der Waals surface area contributed by atoms with Crippen LogP contribution >= 0.6 is 0 Å². The lowest BCUT2D eigenvalue weighted by atomic mass is 10.2. The highest BCUT2D eigenvalue weighted by Gasteiger charge is 2.26. The van der Waals surface area contributed by atoms with Crippen molar-refractivity contribution in [3.63, 3.8) is 0 Å². The van der Waals surface area contributed by atoms with Crippen molar-refractivity contribution in [3.8, 4) is 5.75 Å². The summed E-state index contributed by atoms with van der Waals surface area (Å²) in [6.07, 6.45) is 1.48.